The SMILES string of the molecule is CCCCN(C)C(=NCCc1cccs1)NCC. The first kappa shape index (κ1) is 15.0. The molecule has 0 amide bonds. The predicted molar refractivity (Wildman–Crippen MR) is 81.5 cm³/mol. The number of thiophene rings is 1. The first-order chi connectivity index (χ1) is 8.77. The number of aliphatic imine (C=N–C) groups is 1. The van der Waals surface area contributed by atoms with Crippen molar-refractivity contribution in [2.24, 2.45) is 4.99 Å². The molecule has 0 aliphatic carbocycles. The molecule has 1 aromatic rings. The molecule has 18 heavy (non-hydrogen) atoms. The summed E-state index contributed by atoms with van der Waals surface area (Å²) in [5.74, 6) is 1.03. The highest BCUT2D eigenvalue weighted by atomic mass is 32.1. The van der Waals surface area contributed by atoms with E-state index >= 15 is 0 Å². The summed E-state index contributed by atoms with van der Waals surface area (Å²) in [5.41, 5.74) is 0. The van der Waals surface area contributed by atoms with Gasteiger partial charge in [0.25, 0.3) is 0 Å². The van der Waals surface area contributed by atoms with Crippen LogP contribution in [-0.2, 0) is 6.42 Å². The summed E-state index contributed by atoms with van der Waals surface area (Å²) in [5, 5.41) is 5.47. The van der Waals surface area contributed by atoms with Gasteiger partial charge in [-0.1, -0.05) is 19.4 Å². The Morgan fingerprint density at radius 3 is 2.89 bits per heavy atom. The smallest absolute Gasteiger partial charge is 0.193 e. The number of nitrogens with one attached hydrogen (secondary N) is 1. The van der Waals surface area contributed by atoms with Gasteiger partial charge in [-0.3, -0.25) is 4.99 Å². The van der Waals surface area contributed by atoms with Crippen LogP contribution in [0.15, 0.2) is 22.5 Å². The summed E-state index contributed by atoms with van der Waals surface area (Å²) >= 11 is 1.81. The molecule has 0 aliphatic rings. The van der Waals surface area contributed by atoms with Crippen molar-refractivity contribution < 1.29 is 0 Å². The molecule has 0 fully saturated rings. The number of rotatable bonds is 7. The lowest BCUT2D eigenvalue weighted by Crippen LogP contribution is -2.39. The van der Waals surface area contributed by atoms with Crippen LogP contribution in [0.25, 0.3) is 0 Å². The molecular weight excluding hydrogens is 242 g/mol. The van der Waals surface area contributed by atoms with Crippen LogP contribution in [0.2, 0.25) is 0 Å². The Kier molecular flexibility index (Phi) is 7.49. The van der Waals surface area contributed by atoms with Crippen LogP contribution >= 0.6 is 11.3 Å². The van der Waals surface area contributed by atoms with Crippen molar-refractivity contribution >= 4 is 17.3 Å². The molecule has 1 aromatic heterocycles. The average molecular weight is 267 g/mol. The largest absolute Gasteiger partial charge is 0.357 e. The van der Waals surface area contributed by atoms with E-state index in [9.17, 15) is 0 Å². The highest BCUT2D eigenvalue weighted by Gasteiger charge is 2.04. The van der Waals surface area contributed by atoms with Crippen molar-refractivity contribution in [2.75, 3.05) is 26.7 Å². The molecule has 0 bridgehead atoms. The topological polar surface area (TPSA) is 27.6 Å². The van der Waals surface area contributed by atoms with E-state index in [0.717, 1.165) is 32.0 Å². The molecule has 0 saturated heterocycles. The van der Waals surface area contributed by atoms with E-state index in [-0.39, 0.29) is 0 Å². The summed E-state index contributed by atoms with van der Waals surface area (Å²) in [7, 11) is 2.11. The van der Waals surface area contributed by atoms with Gasteiger partial charge in [-0.15, -0.1) is 11.3 Å². The highest BCUT2D eigenvalue weighted by molar-refractivity contribution is 7.09. The number of unbranched alkanes of at least 4 members (excludes halogenated alkanes) is 1. The summed E-state index contributed by atoms with van der Waals surface area (Å²) in [4.78, 5) is 8.31. The summed E-state index contributed by atoms with van der Waals surface area (Å²) in [6.07, 6.45) is 3.47. The number of nitrogens with zero attached hydrogens (tertiary/aromatic N) is 2. The highest BCUT2D eigenvalue weighted by Crippen LogP contribution is 2.08. The van der Waals surface area contributed by atoms with Crippen LogP contribution in [0.4, 0.5) is 0 Å². The lowest BCUT2D eigenvalue weighted by molar-refractivity contribution is 0.465. The Morgan fingerprint density at radius 1 is 1.44 bits per heavy atom. The van der Waals surface area contributed by atoms with Gasteiger partial charge in [0, 0.05) is 38.0 Å². The molecule has 0 spiro atoms. The zero-order valence-corrected chi connectivity index (χ0v) is 12.6. The second kappa shape index (κ2) is 8.97. The molecule has 3 nitrogen and oxygen atoms in total. The summed E-state index contributed by atoms with van der Waals surface area (Å²) in [6.45, 7) is 7.19. The molecule has 0 atom stereocenters. The van der Waals surface area contributed by atoms with Crippen LogP contribution in [0.5, 0.6) is 0 Å². The van der Waals surface area contributed by atoms with Crippen molar-refractivity contribution in [3.05, 3.63) is 22.4 Å². The third-order valence-corrected chi connectivity index (χ3v) is 3.68. The fraction of sp³-hybridized carbons (Fsp3) is 0.643. The predicted octanol–water partition coefficient (Wildman–Crippen LogP) is 2.99. The van der Waals surface area contributed by atoms with Gasteiger partial charge < -0.3 is 10.2 Å². The first-order valence-corrected chi connectivity index (χ1v) is 7.67. The van der Waals surface area contributed by atoms with Gasteiger partial charge in [0.1, 0.15) is 0 Å². The second-order valence-corrected chi connectivity index (χ2v) is 5.37. The van der Waals surface area contributed by atoms with Gasteiger partial charge >= 0.3 is 0 Å². The van der Waals surface area contributed by atoms with Crippen molar-refractivity contribution in [2.45, 2.75) is 33.1 Å². The molecule has 102 valence electrons. The zero-order chi connectivity index (χ0) is 13.2. The number of hydrogen-bond acceptors (Lipinski definition) is 2. The molecular formula is C14H25N3S. The number of guanidine groups is 1. The number of hydrogen-bond donors (Lipinski definition) is 1. The van der Waals surface area contributed by atoms with Crippen molar-refractivity contribution in [1.29, 1.82) is 0 Å². The molecule has 0 unspecified atom stereocenters. The van der Waals surface area contributed by atoms with Gasteiger partial charge in [0.2, 0.25) is 0 Å². The van der Waals surface area contributed by atoms with Gasteiger partial charge in [-0.05, 0) is 24.8 Å². The van der Waals surface area contributed by atoms with E-state index in [0.29, 0.717) is 0 Å². The fourth-order valence-electron chi connectivity index (χ4n) is 1.70. The monoisotopic (exact) mass is 267 g/mol. The molecule has 1 heterocycles. The van der Waals surface area contributed by atoms with Crippen molar-refractivity contribution in [1.82, 2.24) is 10.2 Å². The second-order valence-electron chi connectivity index (χ2n) is 4.34. The first-order valence-electron chi connectivity index (χ1n) is 6.79. The van der Waals surface area contributed by atoms with E-state index < -0.39 is 0 Å². The minimum Gasteiger partial charge on any atom is -0.357 e. The zero-order valence-electron chi connectivity index (χ0n) is 11.8. The standard InChI is InChI=1S/C14H25N3S/c1-4-6-11-17(3)14(15-5-2)16-10-9-13-8-7-12-18-13/h7-8,12H,4-6,9-11H2,1-3H3,(H,15,16). The van der Waals surface area contributed by atoms with Crippen LogP contribution in [0.3, 0.4) is 0 Å². The molecule has 4 heteroatoms. The summed E-state index contributed by atoms with van der Waals surface area (Å²) < 4.78 is 0. The van der Waals surface area contributed by atoms with E-state index in [1.54, 1.807) is 11.3 Å². The molecule has 0 saturated carbocycles. The molecule has 0 radical (unpaired) electrons. The maximum atomic E-state index is 4.68. The van der Waals surface area contributed by atoms with Crippen molar-refractivity contribution in [3.63, 3.8) is 0 Å². The van der Waals surface area contributed by atoms with Crippen LogP contribution in [-0.4, -0.2) is 37.5 Å². The van der Waals surface area contributed by atoms with E-state index in [4.69, 9.17) is 0 Å². The molecule has 0 aromatic carbocycles. The molecule has 0 aliphatic heterocycles. The minimum atomic E-state index is 0.860. The van der Waals surface area contributed by atoms with Gasteiger partial charge in [0.15, 0.2) is 5.96 Å². The minimum absolute atomic E-state index is 0.860. The van der Waals surface area contributed by atoms with Gasteiger partial charge in [-0.25, -0.2) is 0 Å². The Balaban J connectivity index is 2.43. The normalized spacial score (nSPS) is 11.6. The lowest BCUT2D eigenvalue weighted by Gasteiger charge is -2.21. The van der Waals surface area contributed by atoms with E-state index in [2.05, 4.69) is 53.6 Å². The quantitative estimate of drug-likeness (QED) is 0.607. The Bertz CT molecular complexity index is 333. The Labute approximate surface area is 115 Å². The third kappa shape index (κ3) is 5.54. The Morgan fingerprint density at radius 2 is 2.28 bits per heavy atom. The van der Waals surface area contributed by atoms with Crippen LogP contribution in [0, 0.1) is 0 Å². The Hall–Kier alpha value is -1.03. The summed E-state index contributed by atoms with van der Waals surface area (Å²) in [6, 6.07) is 4.27. The van der Waals surface area contributed by atoms with Crippen molar-refractivity contribution in [3.8, 4) is 0 Å². The maximum absolute atomic E-state index is 4.68. The van der Waals surface area contributed by atoms with Gasteiger partial charge in [-0.2, -0.15) is 0 Å². The van der Waals surface area contributed by atoms with Crippen LogP contribution < -0.4 is 5.32 Å². The van der Waals surface area contributed by atoms with Gasteiger partial charge in [0.05, 0.1) is 0 Å². The van der Waals surface area contributed by atoms with E-state index in [1.165, 1.54) is 17.7 Å². The molecule has 1 N–H and O–H groups in total. The van der Waals surface area contributed by atoms with Crippen LogP contribution in [0.1, 0.15) is 31.6 Å². The fourth-order valence-corrected chi connectivity index (χ4v) is 2.40. The third-order valence-electron chi connectivity index (χ3n) is 2.74. The lowest BCUT2D eigenvalue weighted by atomic mass is 10.3. The molecule has 1 rings (SSSR count). The average Bonchev–Trinajstić information content (AvgIpc) is 2.88. The van der Waals surface area contributed by atoms with E-state index in [1.807, 2.05) is 0 Å². The maximum Gasteiger partial charge on any atom is 0.193 e.